The van der Waals surface area contributed by atoms with Crippen LogP contribution in [0.15, 0.2) is 44.9 Å². The molecule has 0 amide bonds. The van der Waals surface area contributed by atoms with E-state index in [-0.39, 0.29) is 17.0 Å². The number of nitrogens with zero attached hydrogens (tertiary/aromatic N) is 1. The standard InChI is InChI=1S/C13H13NO8S2/c1-8-6-11(15)14(13(16)12(8)24(20,21)22)7-9-2-4-10(5-3-9)23(17,18)19/h2-6,16H,7H2,1H3,(H,17,18,19)(H,20,21,22). The first-order valence-electron chi connectivity index (χ1n) is 6.38. The van der Waals surface area contributed by atoms with E-state index in [1.165, 1.54) is 19.1 Å². The molecule has 0 atom stereocenters. The predicted molar refractivity (Wildman–Crippen MR) is 82.3 cm³/mol. The van der Waals surface area contributed by atoms with E-state index in [1.54, 1.807) is 0 Å². The first-order chi connectivity index (χ1) is 10.9. The highest BCUT2D eigenvalue weighted by Crippen LogP contribution is 2.25. The first-order valence-corrected chi connectivity index (χ1v) is 9.26. The summed E-state index contributed by atoms with van der Waals surface area (Å²) in [5.74, 6) is -0.929. The van der Waals surface area contributed by atoms with E-state index >= 15 is 0 Å². The lowest BCUT2D eigenvalue weighted by atomic mass is 10.2. The lowest BCUT2D eigenvalue weighted by molar-refractivity contribution is 0.390. The minimum atomic E-state index is -4.74. The Bertz CT molecular complexity index is 1050. The Labute approximate surface area is 137 Å². The largest absolute Gasteiger partial charge is 0.493 e. The SMILES string of the molecule is Cc1cc(=O)n(Cc2ccc(S(=O)(=O)O)cc2)c(O)c1S(=O)(=O)O. The van der Waals surface area contributed by atoms with Gasteiger partial charge in [0.2, 0.25) is 5.88 Å². The summed E-state index contributed by atoms with van der Waals surface area (Å²) in [5.41, 5.74) is -0.473. The Morgan fingerprint density at radius 3 is 2.00 bits per heavy atom. The molecular weight excluding hydrogens is 362 g/mol. The van der Waals surface area contributed by atoms with Gasteiger partial charge in [0, 0.05) is 6.07 Å². The Kier molecular flexibility index (Phi) is 4.55. The highest BCUT2D eigenvalue weighted by atomic mass is 32.2. The highest BCUT2D eigenvalue weighted by molar-refractivity contribution is 7.86. The fourth-order valence-corrected chi connectivity index (χ4v) is 3.44. The van der Waals surface area contributed by atoms with Gasteiger partial charge in [-0.15, -0.1) is 0 Å². The monoisotopic (exact) mass is 375 g/mol. The van der Waals surface area contributed by atoms with Crippen LogP contribution in [-0.4, -0.2) is 35.6 Å². The van der Waals surface area contributed by atoms with E-state index in [1.807, 2.05) is 0 Å². The van der Waals surface area contributed by atoms with E-state index in [0.29, 0.717) is 10.1 Å². The summed E-state index contributed by atoms with van der Waals surface area (Å²) in [6, 6.07) is 5.68. The lowest BCUT2D eigenvalue weighted by Gasteiger charge is -2.13. The molecule has 0 radical (unpaired) electrons. The number of hydrogen-bond donors (Lipinski definition) is 3. The van der Waals surface area contributed by atoms with Crippen LogP contribution in [0.1, 0.15) is 11.1 Å². The maximum atomic E-state index is 12.0. The third kappa shape index (κ3) is 3.64. The van der Waals surface area contributed by atoms with Crippen molar-refractivity contribution < 1.29 is 31.0 Å². The minimum Gasteiger partial charge on any atom is -0.493 e. The van der Waals surface area contributed by atoms with Gasteiger partial charge >= 0.3 is 0 Å². The maximum absolute atomic E-state index is 12.0. The van der Waals surface area contributed by atoms with Gasteiger partial charge in [0.1, 0.15) is 0 Å². The number of aromatic hydroxyl groups is 1. The number of rotatable bonds is 4. The summed E-state index contributed by atoms with van der Waals surface area (Å²) in [7, 11) is -9.11. The molecule has 2 aromatic rings. The Morgan fingerprint density at radius 1 is 1.00 bits per heavy atom. The molecule has 3 N–H and O–H groups in total. The van der Waals surface area contributed by atoms with Gasteiger partial charge in [-0.3, -0.25) is 18.5 Å². The Balaban J connectivity index is 2.53. The minimum absolute atomic E-state index is 0.113. The van der Waals surface area contributed by atoms with Crippen LogP contribution in [0.25, 0.3) is 0 Å². The molecule has 0 aliphatic heterocycles. The molecule has 9 nitrogen and oxygen atoms in total. The zero-order valence-corrected chi connectivity index (χ0v) is 13.9. The third-order valence-electron chi connectivity index (χ3n) is 3.24. The molecule has 1 aromatic heterocycles. The number of pyridine rings is 1. The fraction of sp³-hybridized carbons (Fsp3) is 0.154. The molecule has 11 heteroatoms. The summed E-state index contributed by atoms with van der Waals surface area (Å²) >= 11 is 0. The lowest BCUT2D eigenvalue weighted by Crippen LogP contribution is -2.23. The normalized spacial score (nSPS) is 12.3. The zero-order chi connectivity index (χ0) is 18.3. The van der Waals surface area contributed by atoms with Crippen molar-refractivity contribution in [2.75, 3.05) is 0 Å². The molecule has 1 aromatic carbocycles. The quantitative estimate of drug-likeness (QED) is 0.650. The molecule has 24 heavy (non-hydrogen) atoms. The van der Waals surface area contributed by atoms with Crippen molar-refractivity contribution in [3.8, 4) is 5.88 Å². The van der Waals surface area contributed by atoms with Crippen molar-refractivity contribution in [2.45, 2.75) is 23.3 Å². The van der Waals surface area contributed by atoms with Crippen molar-refractivity contribution in [3.63, 3.8) is 0 Å². The van der Waals surface area contributed by atoms with Gasteiger partial charge in [0.25, 0.3) is 25.8 Å². The second-order valence-electron chi connectivity index (χ2n) is 5.00. The molecule has 0 bridgehead atoms. The highest BCUT2D eigenvalue weighted by Gasteiger charge is 2.23. The Hall–Kier alpha value is -2.21. The summed E-state index contributed by atoms with van der Waals surface area (Å²) < 4.78 is 63.4. The van der Waals surface area contributed by atoms with Crippen molar-refractivity contribution in [1.29, 1.82) is 0 Å². The van der Waals surface area contributed by atoms with E-state index in [4.69, 9.17) is 9.11 Å². The van der Waals surface area contributed by atoms with Crippen LogP contribution in [0.2, 0.25) is 0 Å². The van der Waals surface area contributed by atoms with Gasteiger partial charge in [-0.25, -0.2) is 0 Å². The van der Waals surface area contributed by atoms with Gasteiger partial charge in [-0.05, 0) is 30.2 Å². The van der Waals surface area contributed by atoms with Crippen LogP contribution in [0.5, 0.6) is 5.88 Å². The van der Waals surface area contributed by atoms with Crippen molar-refractivity contribution in [1.82, 2.24) is 4.57 Å². The molecular formula is C13H13NO8S2. The smallest absolute Gasteiger partial charge is 0.300 e. The summed E-state index contributed by atoms with van der Waals surface area (Å²) in [6.45, 7) is 0.967. The van der Waals surface area contributed by atoms with E-state index in [2.05, 4.69) is 0 Å². The number of aromatic nitrogens is 1. The van der Waals surface area contributed by atoms with Crippen molar-refractivity contribution in [3.05, 3.63) is 51.8 Å². The van der Waals surface area contributed by atoms with Crippen LogP contribution < -0.4 is 5.56 Å². The van der Waals surface area contributed by atoms with E-state index in [0.717, 1.165) is 18.2 Å². The van der Waals surface area contributed by atoms with Gasteiger partial charge in [-0.2, -0.15) is 16.8 Å². The molecule has 1 heterocycles. The first kappa shape index (κ1) is 18.1. The molecule has 0 aliphatic carbocycles. The van der Waals surface area contributed by atoms with Crippen molar-refractivity contribution >= 4 is 20.2 Å². The van der Waals surface area contributed by atoms with Gasteiger partial charge in [0.05, 0.1) is 11.4 Å². The third-order valence-corrected chi connectivity index (χ3v) is 5.13. The second-order valence-corrected chi connectivity index (χ2v) is 7.78. The predicted octanol–water partition coefficient (Wildman–Crippen LogP) is 0.404. The molecule has 130 valence electrons. The van der Waals surface area contributed by atoms with Crippen LogP contribution in [0, 0.1) is 6.92 Å². The molecule has 0 spiro atoms. The van der Waals surface area contributed by atoms with Gasteiger partial charge in [0.15, 0.2) is 4.90 Å². The number of hydrogen-bond acceptors (Lipinski definition) is 6. The van der Waals surface area contributed by atoms with E-state index in [9.17, 15) is 26.7 Å². The zero-order valence-electron chi connectivity index (χ0n) is 12.2. The fourth-order valence-electron chi connectivity index (χ4n) is 2.15. The Morgan fingerprint density at radius 2 is 1.54 bits per heavy atom. The van der Waals surface area contributed by atoms with Crippen LogP contribution >= 0.6 is 0 Å². The topological polar surface area (TPSA) is 151 Å². The molecule has 0 fully saturated rings. The van der Waals surface area contributed by atoms with Gasteiger partial charge in [-0.1, -0.05) is 12.1 Å². The number of aryl methyl sites for hydroxylation is 1. The summed E-state index contributed by atoms with van der Waals surface area (Å²) in [6.07, 6.45) is 0. The summed E-state index contributed by atoms with van der Waals surface area (Å²) in [5, 5.41) is 10.0. The molecule has 2 rings (SSSR count). The van der Waals surface area contributed by atoms with Crippen LogP contribution in [-0.2, 0) is 26.8 Å². The van der Waals surface area contributed by atoms with Crippen LogP contribution in [0.3, 0.4) is 0 Å². The van der Waals surface area contributed by atoms with Crippen molar-refractivity contribution in [2.24, 2.45) is 0 Å². The average Bonchev–Trinajstić information content (AvgIpc) is 2.41. The molecule has 0 aliphatic rings. The van der Waals surface area contributed by atoms with Gasteiger partial charge < -0.3 is 5.11 Å². The maximum Gasteiger partial charge on any atom is 0.300 e. The molecule has 0 unspecified atom stereocenters. The van der Waals surface area contributed by atoms with Crippen LogP contribution in [0.4, 0.5) is 0 Å². The molecule has 0 saturated carbocycles. The summed E-state index contributed by atoms with van der Waals surface area (Å²) in [4.78, 5) is 10.8. The molecule has 0 saturated heterocycles. The average molecular weight is 375 g/mol. The van der Waals surface area contributed by atoms with E-state index < -0.39 is 36.6 Å². The second kappa shape index (κ2) is 6.02. The number of benzene rings is 1.